The average molecular weight is 513 g/mol. The lowest BCUT2D eigenvalue weighted by Crippen LogP contribution is -2.52. The van der Waals surface area contributed by atoms with Gasteiger partial charge in [0.25, 0.3) is 0 Å². The van der Waals surface area contributed by atoms with Gasteiger partial charge in [0, 0.05) is 24.8 Å². The van der Waals surface area contributed by atoms with Crippen molar-refractivity contribution in [2.75, 3.05) is 0 Å². The molecule has 2 aliphatic carbocycles. The molecule has 0 bridgehead atoms. The van der Waals surface area contributed by atoms with Crippen LogP contribution in [0.3, 0.4) is 0 Å². The molecule has 37 heavy (non-hydrogen) atoms. The van der Waals surface area contributed by atoms with Crippen LogP contribution in [0.2, 0.25) is 0 Å². The Balaban J connectivity index is 1.37. The van der Waals surface area contributed by atoms with Gasteiger partial charge in [-0.25, -0.2) is 4.79 Å². The molecule has 0 spiro atoms. The standard InChI is InChI=1S/C29H40N2O6/c1-18(32)30-25(17-20-14-15-22-23(16-20)29(36)37-28(22)35)27(34)31-24-13-6-5-11-21(26(24)33)12-7-10-19-8-3-2-4-9-19/h14-16,19,21,24-25,29,36H,2-13,17H2,1H3,(H,30,32)(H,31,34). The molecule has 1 aromatic carbocycles. The Morgan fingerprint density at radius 2 is 1.76 bits per heavy atom. The molecule has 202 valence electrons. The normalized spacial score (nSPS) is 25.1. The van der Waals surface area contributed by atoms with Crippen LogP contribution in [0, 0.1) is 11.8 Å². The summed E-state index contributed by atoms with van der Waals surface area (Å²) in [4.78, 5) is 50.3. The maximum absolute atomic E-state index is 13.4. The molecule has 8 nitrogen and oxygen atoms in total. The molecule has 1 aliphatic heterocycles. The van der Waals surface area contributed by atoms with Gasteiger partial charge in [-0.2, -0.15) is 0 Å². The summed E-state index contributed by atoms with van der Waals surface area (Å²) in [5.41, 5.74) is 1.30. The zero-order valence-electron chi connectivity index (χ0n) is 21.8. The molecule has 4 unspecified atom stereocenters. The third kappa shape index (κ3) is 7.18. The zero-order valence-corrected chi connectivity index (χ0v) is 21.8. The van der Waals surface area contributed by atoms with Gasteiger partial charge in [0.15, 0.2) is 5.78 Å². The van der Waals surface area contributed by atoms with Gasteiger partial charge in [0.1, 0.15) is 6.04 Å². The summed E-state index contributed by atoms with van der Waals surface area (Å²) in [6.07, 6.45) is 12.0. The molecular weight excluding hydrogens is 472 g/mol. The molecule has 0 aromatic heterocycles. The Bertz CT molecular complexity index is 1000. The minimum atomic E-state index is -1.34. The number of fused-ring (bicyclic) bond motifs is 1. The predicted octanol–water partition coefficient (Wildman–Crippen LogP) is 3.89. The third-order valence-corrected chi connectivity index (χ3v) is 8.20. The van der Waals surface area contributed by atoms with E-state index in [0.29, 0.717) is 17.5 Å². The van der Waals surface area contributed by atoms with E-state index in [4.69, 9.17) is 4.74 Å². The van der Waals surface area contributed by atoms with Gasteiger partial charge in [-0.3, -0.25) is 14.4 Å². The SMILES string of the molecule is CC(=O)NC(Cc1ccc2c(c1)C(O)OC2=O)C(=O)NC1CCCCC(CCCC2CCCCC2)C1=O. The molecular formula is C29H40N2O6. The maximum atomic E-state index is 13.4. The number of esters is 1. The van der Waals surface area contributed by atoms with Crippen molar-refractivity contribution < 1.29 is 29.0 Å². The molecule has 0 radical (unpaired) electrons. The lowest BCUT2D eigenvalue weighted by molar-refractivity contribution is -0.132. The van der Waals surface area contributed by atoms with Crippen molar-refractivity contribution in [1.29, 1.82) is 0 Å². The van der Waals surface area contributed by atoms with Crippen LogP contribution in [-0.4, -0.2) is 40.8 Å². The van der Waals surface area contributed by atoms with Gasteiger partial charge in [0.2, 0.25) is 18.1 Å². The van der Waals surface area contributed by atoms with E-state index in [1.165, 1.54) is 45.4 Å². The molecule has 1 heterocycles. The number of aliphatic hydroxyl groups excluding tert-OH is 1. The molecule has 4 rings (SSSR count). The average Bonchev–Trinajstić information content (AvgIpc) is 3.04. The predicted molar refractivity (Wildman–Crippen MR) is 137 cm³/mol. The van der Waals surface area contributed by atoms with E-state index in [-0.39, 0.29) is 29.6 Å². The van der Waals surface area contributed by atoms with Crippen LogP contribution in [0.1, 0.15) is 112 Å². The number of nitrogens with one attached hydrogen (secondary N) is 2. The Kier molecular flexibility index (Phi) is 9.35. The van der Waals surface area contributed by atoms with E-state index in [1.54, 1.807) is 18.2 Å². The first-order valence-corrected chi connectivity index (χ1v) is 13.9. The highest BCUT2D eigenvalue weighted by molar-refractivity contribution is 5.95. The minimum Gasteiger partial charge on any atom is -0.428 e. The minimum absolute atomic E-state index is 0.0219. The second-order valence-corrected chi connectivity index (χ2v) is 11.0. The summed E-state index contributed by atoms with van der Waals surface area (Å²) in [6.45, 7) is 1.35. The fourth-order valence-electron chi connectivity index (χ4n) is 6.19. The Labute approximate surface area is 218 Å². The second kappa shape index (κ2) is 12.7. The number of aliphatic hydroxyl groups is 1. The van der Waals surface area contributed by atoms with Crippen LogP contribution >= 0.6 is 0 Å². The van der Waals surface area contributed by atoms with Gasteiger partial charge in [0.05, 0.1) is 11.6 Å². The molecule has 3 N–H and O–H groups in total. The number of hydrogen-bond acceptors (Lipinski definition) is 6. The zero-order chi connectivity index (χ0) is 26.4. The maximum Gasteiger partial charge on any atom is 0.341 e. The quantitative estimate of drug-likeness (QED) is 0.341. The number of carbonyl (C=O) groups is 4. The summed E-state index contributed by atoms with van der Waals surface area (Å²) in [5, 5.41) is 15.6. The number of carbonyl (C=O) groups excluding carboxylic acids is 4. The van der Waals surface area contributed by atoms with Gasteiger partial charge in [-0.05, 0) is 42.9 Å². The van der Waals surface area contributed by atoms with Gasteiger partial charge >= 0.3 is 5.97 Å². The molecule has 2 fully saturated rings. The van der Waals surface area contributed by atoms with Crippen LogP contribution in [0.25, 0.3) is 0 Å². The summed E-state index contributed by atoms with van der Waals surface area (Å²) in [5.74, 6) is -0.449. The Hall–Kier alpha value is -2.74. The summed E-state index contributed by atoms with van der Waals surface area (Å²) in [7, 11) is 0. The van der Waals surface area contributed by atoms with Crippen molar-refractivity contribution in [2.24, 2.45) is 11.8 Å². The van der Waals surface area contributed by atoms with Crippen LogP contribution < -0.4 is 10.6 Å². The van der Waals surface area contributed by atoms with Crippen molar-refractivity contribution in [1.82, 2.24) is 10.6 Å². The monoisotopic (exact) mass is 512 g/mol. The number of ketones is 1. The topological polar surface area (TPSA) is 122 Å². The van der Waals surface area contributed by atoms with Crippen molar-refractivity contribution in [3.05, 3.63) is 34.9 Å². The number of ether oxygens (including phenoxy) is 1. The molecule has 0 saturated heterocycles. The Morgan fingerprint density at radius 1 is 1.03 bits per heavy atom. The van der Waals surface area contributed by atoms with Crippen molar-refractivity contribution in [2.45, 2.75) is 109 Å². The number of amides is 2. The van der Waals surface area contributed by atoms with E-state index < -0.39 is 30.3 Å². The number of rotatable bonds is 9. The van der Waals surface area contributed by atoms with Crippen LogP contribution in [0.4, 0.5) is 0 Å². The van der Waals surface area contributed by atoms with Crippen molar-refractivity contribution >= 4 is 23.6 Å². The molecule has 1 aromatic rings. The lowest BCUT2D eigenvalue weighted by atomic mass is 9.83. The van der Waals surface area contributed by atoms with Crippen LogP contribution in [0.5, 0.6) is 0 Å². The fourth-order valence-corrected chi connectivity index (χ4v) is 6.19. The highest BCUT2D eigenvalue weighted by Crippen LogP contribution is 2.31. The van der Waals surface area contributed by atoms with E-state index in [1.807, 2.05) is 0 Å². The van der Waals surface area contributed by atoms with Crippen LogP contribution in [-0.2, 0) is 25.5 Å². The molecule has 3 aliphatic rings. The third-order valence-electron chi connectivity index (χ3n) is 8.20. The molecule has 4 atom stereocenters. The fraction of sp³-hybridized carbons (Fsp3) is 0.655. The lowest BCUT2D eigenvalue weighted by Gasteiger charge is -2.25. The van der Waals surface area contributed by atoms with Crippen molar-refractivity contribution in [3.63, 3.8) is 0 Å². The van der Waals surface area contributed by atoms with Crippen LogP contribution in [0.15, 0.2) is 18.2 Å². The van der Waals surface area contributed by atoms with E-state index in [2.05, 4.69) is 10.6 Å². The highest BCUT2D eigenvalue weighted by Gasteiger charge is 2.33. The molecule has 2 saturated carbocycles. The highest BCUT2D eigenvalue weighted by atomic mass is 16.6. The Morgan fingerprint density at radius 3 is 2.51 bits per heavy atom. The summed E-state index contributed by atoms with van der Waals surface area (Å²) < 4.78 is 4.83. The second-order valence-electron chi connectivity index (χ2n) is 11.0. The first kappa shape index (κ1) is 27.3. The smallest absolute Gasteiger partial charge is 0.341 e. The van der Waals surface area contributed by atoms with E-state index >= 15 is 0 Å². The summed E-state index contributed by atoms with van der Waals surface area (Å²) >= 11 is 0. The first-order chi connectivity index (χ1) is 17.8. The molecule has 8 heteroatoms. The number of Topliss-reactive ketones (excluding diaryl/α,β-unsaturated/α-hetero) is 1. The van der Waals surface area contributed by atoms with Gasteiger partial charge in [-0.15, -0.1) is 0 Å². The van der Waals surface area contributed by atoms with Gasteiger partial charge < -0.3 is 20.5 Å². The van der Waals surface area contributed by atoms with E-state index in [9.17, 15) is 24.3 Å². The van der Waals surface area contributed by atoms with Gasteiger partial charge in [-0.1, -0.05) is 63.9 Å². The first-order valence-electron chi connectivity index (χ1n) is 13.9. The number of benzene rings is 1. The summed E-state index contributed by atoms with van der Waals surface area (Å²) in [6, 6.07) is 3.43. The largest absolute Gasteiger partial charge is 0.428 e. The van der Waals surface area contributed by atoms with E-state index in [0.717, 1.165) is 38.0 Å². The number of hydrogen-bond donors (Lipinski definition) is 3. The number of cyclic esters (lactones) is 1. The molecule has 2 amide bonds. The van der Waals surface area contributed by atoms with Crippen molar-refractivity contribution in [3.8, 4) is 0 Å².